The Labute approximate surface area is 95.9 Å². The zero-order valence-electron chi connectivity index (χ0n) is 10.1. The normalized spacial score (nSPS) is 12.6. The summed E-state index contributed by atoms with van der Waals surface area (Å²) in [6.07, 6.45) is 3.01. The average Bonchev–Trinajstić information content (AvgIpc) is 2.26. The summed E-state index contributed by atoms with van der Waals surface area (Å²) in [7, 11) is 1.91. The van der Waals surface area contributed by atoms with E-state index in [1.54, 1.807) is 12.3 Å². The van der Waals surface area contributed by atoms with Crippen LogP contribution in [0.25, 0.3) is 0 Å². The van der Waals surface area contributed by atoms with Crippen molar-refractivity contribution in [2.45, 2.75) is 26.8 Å². The van der Waals surface area contributed by atoms with E-state index in [2.05, 4.69) is 25.8 Å². The Morgan fingerprint density at radius 3 is 2.56 bits per heavy atom. The van der Waals surface area contributed by atoms with Crippen molar-refractivity contribution in [3.8, 4) is 0 Å². The van der Waals surface area contributed by atoms with Crippen LogP contribution in [-0.4, -0.2) is 29.1 Å². The summed E-state index contributed by atoms with van der Waals surface area (Å²) >= 11 is 0. The quantitative estimate of drug-likeness (QED) is 0.849. The predicted molar refractivity (Wildman–Crippen MR) is 63.9 cm³/mol. The second-order valence-electron chi connectivity index (χ2n) is 4.29. The van der Waals surface area contributed by atoms with Crippen LogP contribution in [0.3, 0.4) is 0 Å². The van der Waals surface area contributed by atoms with Crippen LogP contribution in [0, 0.1) is 5.92 Å². The molecule has 0 amide bonds. The lowest BCUT2D eigenvalue weighted by Gasteiger charge is -2.30. The third-order valence-corrected chi connectivity index (χ3v) is 2.98. The smallest absolute Gasteiger partial charge is 0.339 e. The van der Waals surface area contributed by atoms with Gasteiger partial charge >= 0.3 is 5.97 Å². The van der Waals surface area contributed by atoms with Crippen molar-refractivity contribution in [3.05, 3.63) is 24.0 Å². The van der Waals surface area contributed by atoms with Crippen LogP contribution in [0.2, 0.25) is 0 Å². The van der Waals surface area contributed by atoms with E-state index >= 15 is 0 Å². The van der Waals surface area contributed by atoms with Gasteiger partial charge in [0.25, 0.3) is 0 Å². The summed E-state index contributed by atoms with van der Waals surface area (Å²) in [5.74, 6) is -0.481. The number of hydrogen-bond acceptors (Lipinski definition) is 3. The molecule has 0 saturated carbocycles. The van der Waals surface area contributed by atoms with Gasteiger partial charge in [0.05, 0.1) is 5.69 Å². The summed E-state index contributed by atoms with van der Waals surface area (Å²) in [5.41, 5.74) is 0.959. The van der Waals surface area contributed by atoms with Crippen LogP contribution < -0.4 is 4.90 Å². The van der Waals surface area contributed by atoms with E-state index < -0.39 is 5.97 Å². The van der Waals surface area contributed by atoms with Crippen LogP contribution >= 0.6 is 0 Å². The van der Waals surface area contributed by atoms with Crippen LogP contribution in [0.1, 0.15) is 31.1 Å². The zero-order valence-corrected chi connectivity index (χ0v) is 10.1. The number of carbonyl (C=O) groups is 1. The number of anilines is 1. The Bertz CT molecular complexity index is 377. The lowest BCUT2D eigenvalue weighted by molar-refractivity contribution is 0.0697. The molecule has 4 nitrogen and oxygen atoms in total. The molecule has 1 N–H and O–H groups in total. The molecule has 0 saturated heterocycles. The number of hydrogen-bond donors (Lipinski definition) is 1. The van der Waals surface area contributed by atoms with Crippen LogP contribution in [0.15, 0.2) is 18.5 Å². The van der Waals surface area contributed by atoms with Gasteiger partial charge in [0.15, 0.2) is 0 Å². The number of carboxylic acid groups (broad SMARTS) is 1. The van der Waals surface area contributed by atoms with Crippen molar-refractivity contribution in [2.75, 3.05) is 11.9 Å². The van der Waals surface area contributed by atoms with Crippen molar-refractivity contribution >= 4 is 11.7 Å². The van der Waals surface area contributed by atoms with Gasteiger partial charge in [-0.1, -0.05) is 13.8 Å². The van der Waals surface area contributed by atoms with Crippen LogP contribution in [-0.2, 0) is 0 Å². The van der Waals surface area contributed by atoms with E-state index in [1.165, 1.54) is 6.20 Å². The minimum absolute atomic E-state index is 0.248. The van der Waals surface area contributed by atoms with Crippen LogP contribution in [0.5, 0.6) is 0 Å². The van der Waals surface area contributed by atoms with E-state index in [-0.39, 0.29) is 11.6 Å². The molecule has 0 aliphatic rings. The first-order valence-corrected chi connectivity index (χ1v) is 5.35. The monoisotopic (exact) mass is 222 g/mol. The Balaban J connectivity index is 3.08. The second-order valence-corrected chi connectivity index (χ2v) is 4.29. The maximum absolute atomic E-state index is 11.1. The molecule has 0 aromatic carbocycles. The number of pyridine rings is 1. The van der Waals surface area contributed by atoms with Gasteiger partial charge in [-0.05, 0) is 18.9 Å². The summed E-state index contributed by atoms with van der Waals surface area (Å²) in [6.45, 7) is 6.31. The maximum Gasteiger partial charge on any atom is 0.339 e. The fourth-order valence-electron chi connectivity index (χ4n) is 1.53. The van der Waals surface area contributed by atoms with Gasteiger partial charge in [-0.3, -0.25) is 4.98 Å². The lowest BCUT2D eigenvalue weighted by Crippen LogP contribution is -2.34. The number of nitrogens with zero attached hydrogens (tertiary/aromatic N) is 2. The molecule has 1 heterocycles. The fourth-order valence-corrected chi connectivity index (χ4v) is 1.53. The molecule has 1 unspecified atom stereocenters. The summed E-state index contributed by atoms with van der Waals surface area (Å²) in [4.78, 5) is 16.9. The van der Waals surface area contributed by atoms with Gasteiger partial charge in [0.1, 0.15) is 5.56 Å². The summed E-state index contributed by atoms with van der Waals surface area (Å²) < 4.78 is 0. The van der Waals surface area contributed by atoms with Crippen molar-refractivity contribution in [1.82, 2.24) is 4.98 Å². The number of carboxylic acids is 1. The summed E-state index contributed by atoms with van der Waals surface area (Å²) in [5, 5.41) is 9.07. The third-order valence-electron chi connectivity index (χ3n) is 2.98. The molecule has 1 aromatic heterocycles. The molecule has 1 aromatic rings. The van der Waals surface area contributed by atoms with Gasteiger partial charge in [0, 0.05) is 25.5 Å². The van der Waals surface area contributed by atoms with Gasteiger partial charge in [-0.2, -0.15) is 0 Å². The predicted octanol–water partition coefficient (Wildman–Crippen LogP) is 2.26. The second kappa shape index (κ2) is 4.96. The minimum atomic E-state index is -0.939. The molecule has 0 fully saturated rings. The molecular weight excluding hydrogens is 204 g/mol. The Morgan fingerprint density at radius 2 is 2.06 bits per heavy atom. The van der Waals surface area contributed by atoms with Crippen molar-refractivity contribution in [3.63, 3.8) is 0 Å². The van der Waals surface area contributed by atoms with E-state index in [0.717, 1.165) is 0 Å². The minimum Gasteiger partial charge on any atom is -0.478 e. The highest BCUT2D eigenvalue weighted by Gasteiger charge is 2.19. The highest BCUT2D eigenvalue weighted by molar-refractivity contribution is 5.94. The highest BCUT2D eigenvalue weighted by atomic mass is 16.4. The molecule has 16 heavy (non-hydrogen) atoms. The molecule has 0 bridgehead atoms. The molecule has 4 heteroatoms. The van der Waals surface area contributed by atoms with Gasteiger partial charge < -0.3 is 10.0 Å². The third kappa shape index (κ3) is 2.51. The zero-order chi connectivity index (χ0) is 12.3. The molecule has 0 radical (unpaired) electrons. The van der Waals surface area contributed by atoms with Crippen LogP contribution in [0.4, 0.5) is 5.69 Å². The van der Waals surface area contributed by atoms with E-state index in [4.69, 9.17) is 5.11 Å². The number of aromatic nitrogens is 1. The Hall–Kier alpha value is -1.58. The standard InChI is InChI=1S/C12H18N2O2/c1-8(2)9(3)14(4)11-5-6-13-7-10(11)12(15)16/h5-9H,1-4H3,(H,15,16). The Morgan fingerprint density at radius 1 is 1.44 bits per heavy atom. The van der Waals surface area contributed by atoms with Gasteiger partial charge in [-0.25, -0.2) is 4.79 Å². The molecule has 88 valence electrons. The maximum atomic E-state index is 11.1. The van der Waals surface area contributed by atoms with Crippen molar-refractivity contribution in [2.24, 2.45) is 5.92 Å². The number of aromatic carboxylic acids is 1. The van der Waals surface area contributed by atoms with Gasteiger partial charge in [-0.15, -0.1) is 0 Å². The first-order chi connectivity index (χ1) is 7.45. The van der Waals surface area contributed by atoms with E-state index in [9.17, 15) is 4.79 Å². The SMILES string of the molecule is CC(C)C(C)N(C)c1ccncc1C(=O)O. The molecular formula is C12H18N2O2. The molecule has 1 rings (SSSR count). The average molecular weight is 222 g/mol. The van der Waals surface area contributed by atoms with Crippen molar-refractivity contribution in [1.29, 1.82) is 0 Å². The highest BCUT2D eigenvalue weighted by Crippen LogP contribution is 2.22. The molecule has 0 aliphatic carbocycles. The Kier molecular flexibility index (Phi) is 3.88. The lowest BCUT2D eigenvalue weighted by atomic mass is 10.0. The first kappa shape index (κ1) is 12.5. The summed E-state index contributed by atoms with van der Waals surface area (Å²) in [6, 6.07) is 2.02. The molecule has 0 aliphatic heterocycles. The van der Waals surface area contributed by atoms with E-state index in [1.807, 2.05) is 11.9 Å². The number of rotatable bonds is 4. The molecule has 1 atom stereocenters. The topological polar surface area (TPSA) is 53.4 Å². The fraction of sp³-hybridized carbons (Fsp3) is 0.500. The molecule has 0 spiro atoms. The van der Waals surface area contributed by atoms with Crippen molar-refractivity contribution < 1.29 is 9.90 Å². The first-order valence-electron chi connectivity index (χ1n) is 5.35. The largest absolute Gasteiger partial charge is 0.478 e. The van der Waals surface area contributed by atoms with E-state index in [0.29, 0.717) is 11.6 Å². The van der Waals surface area contributed by atoms with Gasteiger partial charge in [0.2, 0.25) is 0 Å².